The topological polar surface area (TPSA) is 52.7 Å². The Morgan fingerprint density at radius 1 is 0.960 bits per heavy atom. The summed E-state index contributed by atoms with van der Waals surface area (Å²) >= 11 is 0. The van der Waals surface area contributed by atoms with E-state index >= 15 is 0 Å². The number of aromatic nitrogens is 4. The zero-order valence-corrected chi connectivity index (χ0v) is 14.1. The molecule has 0 saturated carbocycles. The molecule has 2 heterocycles. The van der Waals surface area contributed by atoms with Gasteiger partial charge in [0.05, 0.1) is 29.9 Å². The number of para-hydroxylation sites is 1. The van der Waals surface area contributed by atoms with Gasteiger partial charge in [-0.05, 0) is 56.2 Å². The van der Waals surface area contributed by atoms with Crippen molar-refractivity contribution in [3.8, 4) is 5.69 Å². The highest BCUT2D eigenvalue weighted by atomic mass is 16.1. The summed E-state index contributed by atoms with van der Waals surface area (Å²) in [7, 11) is 0. The monoisotopic (exact) mass is 332 g/mol. The lowest BCUT2D eigenvalue weighted by atomic mass is 10.2. The van der Waals surface area contributed by atoms with E-state index in [-0.39, 0.29) is 5.56 Å². The third-order valence-corrected chi connectivity index (χ3v) is 5.39. The second kappa shape index (κ2) is 5.69. The Morgan fingerprint density at radius 3 is 2.64 bits per heavy atom. The van der Waals surface area contributed by atoms with E-state index < -0.39 is 0 Å². The van der Waals surface area contributed by atoms with Crippen LogP contribution < -0.4 is 5.56 Å². The van der Waals surface area contributed by atoms with Crippen molar-refractivity contribution in [2.24, 2.45) is 0 Å². The number of fused-ring (bicyclic) bond motifs is 2. The van der Waals surface area contributed by atoms with Crippen LogP contribution >= 0.6 is 0 Å². The van der Waals surface area contributed by atoms with E-state index in [9.17, 15) is 4.79 Å². The first-order valence-electron chi connectivity index (χ1n) is 9.03. The highest BCUT2D eigenvalue weighted by Crippen LogP contribution is 2.28. The SMILES string of the molecule is O=c1c2c(ncn1Cc1nn(-c3ccccc3)c3c1CCC3)CCC2. The van der Waals surface area contributed by atoms with Crippen LogP contribution in [0.25, 0.3) is 5.69 Å². The summed E-state index contributed by atoms with van der Waals surface area (Å²) in [6, 6.07) is 10.3. The second-order valence-electron chi connectivity index (χ2n) is 6.93. The lowest BCUT2D eigenvalue weighted by molar-refractivity contribution is 0.678. The fourth-order valence-electron chi connectivity index (χ4n) is 4.16. The molecule has 2 aromatic heterocycles. The molecule has 1 aromatic carbocycles. The van der Waals surface area contributed by atoms with Gasteiger partial charge in [-0.15, -0.1) is 0 Å². The van der Waals surface area contributed by atoms with Gasteiger partial charge in [0, 0.05) is 11.3 Å². The molecule has 0 spiro atoms. The Hall–Kier alpha value is -2.69. The molecule has 5 rings (SSSR count). The fraction of sp³-hybridized carbons (Fsp3) is 0.350. The summed E-state index contributed by atoms with van der Waals surface area (Å²) in [6.45, 7) is 0.515. The van der Waals surface area contributed by atoms with Gasteiger partial charge in [-0.3, -0.25) is 9.36 Å². The van der Waals surface area contributed by atoms with Gasteiger partial charge in [-0.25, -0.2) is 9.67 Å². The van der Waals surface area contributed by atoms with Crippen molar-refractivity contribution in [1.29, 1.82) is 0 Å². The van der Waals surface area contributed by atoms with Crippen LogP contribution in [-0.2, 0) is 32.2 Å². The van der Waals surface area contributed by atoms with Crippen LogP contribution in [0.5, 0.6) is 0 Å². The van der Waals surface area contributed by atoms with E-state index in [0.29, 0.717) is 6.54 Å². The van der Waals surface area contributed by atoms with E-state index in [2.05, 4.69) is 21.8 Å². The summed E-state index contributed by atoms with van der Waals surface area (Å²) in [5.41, 5.74) is 6.72. The third kappa shape index (κ3) is 2.34. The van der Waals surface area contributed by atoms with Crippen LogP contribution in [0, 0.1) is 0 Å². The third-order valence-electron chi connectivity index (χ3n) is 5.39. The largest absolute Gasteiger partial charge is 0.293 e. The number of benzene rings is 1. The maximum atomic E-state index is 12.7. The first-order chi connectivity index (χ1) is 12.3. The van der Waals surface area contributed by atoms with Gasteiger partial charge in [0.15, 0.2) is 0 Å². The molecular formula is C20H20N4O. The Labute approximate surface area is 146 Å². The molecule has 2 aliphatic rings. The minimum absolute atomic E-state index is 0.114. The van der Waals surface area contributed by atoms with Crippen molar-refractivity contribution in [1.82, 2.24) is 19.3 Å². The average Bonchev–Trinajstić information content (AvgIpc) is 3.35. The molecule has 0 bridgehead atoms. The second-order valence-corrected chi connectivity index (χ2v) is 6.93. The molecule has 3 aromatic rings. The lowest BCUT2D eigenvalue weighted by Crippen LogP contribution is -2.25. The predicted molar refractivity (Wildman–Crippen MR) is 95.2 cm³/mol. The van der Waals surface area contributed by atoms with Crippen molar-refractivity contribution in [3.63, 3.8) is 0 Å². The van der Waals surface area contributed by atoms with Crippen LogP contribution in [0.15, 0.2) is 41.5 Å². The van der Waals surface area contributed by atoms with Crippen LogP contribution in [0.1, 0.15) is 41.1 Å². The van der Waals surface area contributed by atoms with Gasteiger partial charge in [0.2, 0.25) is 0 Å². The number of hydrogen-bond donors (Lipinski definition) is 0. The summed E-state index contributed by atoms with van der Waals surface area (Å²) < 4.78 is 3.80. The Kier molecular flexibility index (Phi) is 3.33. The van der Waals surface area contributed by atoms with E-state index in [4.69, 9.17) is 5.10 Å². The minimum Gasteiger partial charge on any atom is -0.293 e. The quantitative estimate of drug-likeness (QED) is 0.740. The zero-order valence-electron chi connectivity index (χ0n) is 14.1. The van der Waals surface area contributed by atoms with E-state index in [0.717, 1.165) is 61.2 Å². The molecule has 0 N–H and O–H groups in total. The maximum Gasteiger partial charge on any atom is 0.257 e. The minimum atomic E-state index is 0.114. The van der Waals surface area contributed by atoms with E-state index in [1.54, 1.807) is 10.9 Å². The van der Waals surface area contributed by atoms with Crippen molar-refractivity contribution in [2.75, 3.05) is 0 Å². The molecule has 126 valence electrons. The molecule has 0 saturated heterocycles. The van der Waals surface area contributed by atoms with Gasteiger partial charge >= 0.3 is 0 Å². The van der Waals surface area contributed by atoms with E-state index in [1.165, 1.54) is 11.3 Å². The van der Waals surface area contributed by atoms with Gasteiger partial charge < -0.3 is 0 Å². The molecule has 0 fully saturated rings. The first kappa shape index (κ1) is 14.6. The molecule has 0 radical (unpaired) electrons. The maximum absolute atomic E-state index is 12.7. The summed E-state index contributed by atoms with van der Waals surface area (Å²) in [6.07, 6.45) is 7.79. The Bertz CT molecular complexity index is 1000. The highest BCUT2D eigenvalue weighted by molar-refractivity contribution is 5.40. The smallest absolute Gasteiger partial charge is 0.257 e. The average molecular weight is 332 g/mol. The van der Waals surface area contributed by atoms with Crippen molar-refractivity contribution < 1.29 is 0 Å². The molecule has 2 aliphatic carbocycles. The molecule has 0 aliphatic heterocycles. The normalized spacial score (nSPS) is 15.4. The van der Waals surface area contributed by atoms with E-state index in [1.807, 2.05) is 18.2 Å². The molecular weight excluding hydrogens is 312 g/mol. The number of nitrogens with zero attached hydrogens (tertiary/aromatic N) is 4. The summed E-state index contributed by atoms with van der Waals surface area (Å²) in [4.78, 5) is 17.2. The Morgan fingerprint density at radius 2 is 1.76 bits per heavy atom. The molecule has 0 unspecified atom stereocenters. The van der Waals surface area contributed by atoms with Crippen molar-refractivity contribution >= 4 is 0 Å². The van der Waals surface area contributed by atoms with Gasteiger partial charge in [0.25, 0.3) is 5.56 Å². The number of aryl methyl sites for hydroxylation is 1. The lowest BCUT2D eigenvalue weighted by Gasteiger charge is -2.07. The van der Waals surface area contributed by atoms with Crippen molar-refractivity contribution in [2.45, 2.75) is 45.1 Å². The van der Waals surface area contributed by atoms with Gasteiger partial charge in [0.1, 0.15) is 0 Å². The Balaban J connectivity index is 1.57. The highest BCUT2D eigenvalue weighted by Gasteiger charge is 2.24. The molecule has 0 amide bonds. The van der Waals surface area contributed by atoms with Crippen LogP contribution in [0.2, 0.25) is 0 Å². The standard InChI is InChI=1S/C20H20N4O/c25-20-16-9-4-10-17(16)21-13-23(20)12-18-15-8-5-11-19(15)24(22-18)14-6-2-1-3-7-14/h1-3,6-7,13H,4-5,8-12H2. The number of rotatable bonds is 3. The van der Waals surface area contributed by atoms with Crippen LogP contribution in [-0.4, -0.2) is 19.3 Å². The summed E-state index contributed by atoms with van der Waals surface area (Å²) in [5, 5.41) is 4.86. The fourth-order valence-corrected chi connectivity index (χ4v) is 4.16. The predicted octanol–water partition coefficient (Wildman–Crippen LogP) is 2.45. The van der Waals surface area contributed by atoms with Gasteiger partial charge in [-0.2, -0.15) is 5.10 Å². The number of hydrogen-bond acceptors (Lipinski definition) is 3. The van der Waals surface area contributed by atoms with Crippen LogP contribution in [0.4, 0.5) is 0 Å². The van der Waals surface area contributed by atoms with Crippen LogP contribution in [0.3, 0.4) is 0 Å². The van der Waals surface area contributed by atoms with Crippen molar-refractivity contribution in [3.05, 3.63) is 75.2 Å². The molecule has 5 nitrogen and oxygen atoms in total. The van der Waals surface area contributed by atoms with Gasteiger partial charge in [-0.1, -0.05) is 18.2 Å². The zero-order chi connectivity index (χ0) is 16.8. The summed E-state index contributed by atoms with van der Waals surface area (Å²) in [5.74, 6) is 0. The molecule has 0 atom stereocenters. The molecule has 25 heavy (non-hydrogen) atoms. The first-order valence-corrected chi connectivity index (χ1v) is 9.03. The molecule has 5 heteroatoms.